The summed E-state index contributed by atoms with van der Waals surface area (Å²) >= 11 is 0. The number of nitrogens with zero attached hydrogens (tertiary/aromatic N) is 2. The largest absolute Gasteiger partial charge is 0.474 e. The first-order valence-corrected chi connectivity index (χ1v) is 8.96. The fourth-order valence-corrected chi connectivity index (χ4v) is 3.48. The quantitative estimate of drug-likeness (QED) is 0.770. The number of H-pyrrole nitrogens is 1. The van der Waals surface area contributed by atoms with E-state index in [1.165, 1.54) is 12.8 Å². The van der Waals surface area contributed by atoms with Crippen molar-refractivity contribution in [3.05, 3.63) is 40.8 Å². The zero-order valence-corrected chi connectivity index (χ0v) is 14.2. The van der Waals surface area contributed by atoms with Gasteiger partial charge in [0, 0.05) is 49.6 Å². The van der Waals surface area contributed by atoms with Crippen LogP contribution in [0.5, 0.6) is 5.88 Å². The molecule has 0 unspecified atom stereocenters. The molecule has 3 N–H and O–H groups in total. The molecule has 7 nitrogen and oxygen atoms in total. The molecule has 2 aliphatic rings. The standard InChI is InChI=1S/C18H23N5O2/c24-18(17-14-11-19-7-6-15(14)22-23-17)21-10-12-5-8-20-16(9-12)25-13-3-1-2-4-13/h5,8-9,13,19H,1-4,6-7,10-11H2,(H,21,24)(H,22,23). The van der Waals surface area contributed by atoms with Crippen molar-refractivity contribution in [3.63, 3.8) is 0 Å². The van der Waals surface area contributed by atoms with E-state index in [4.69, 9.17) is 4.74 Å². The van der Waals surface area contributed by atoms with Crippen molar-refractivity contribution in [2.24, 2.45) is 0 Å². The summed E-state index contributed by atoms with van der Waals surface area (Å²) < 4.78 is 5.92. The number of aromatic amines is 1. The number of ether oxygens (including phenoxy) is 1. The summed E-state index contributed by atoms with van der Waals surface area (Å²) in [6.45, 7) is 2.03. The zero-order valence-electron chi connectivity index (χ0n) is 14.2. The van der Waals surface area contributed by atoms with Crippen molar-refractivity contribution < 1.29 is 9.53 Å². The molecule has 0 radical (unpaired) electrons. The molecule has 0 atom stereocenters. The first kappa shape index (κ1) is 16.1. The summed E-state index contributed by atoms with van der Waals surface area (Å²) in [5.74, 6) is 0.483. The van der Waals surface area contributed by atoms with Crippen LogP contribution >= 0.6 is 0 Å². The smallest absolute Gasteiger partial charge is 0.272 e. The SMILES string of the molecule is O=C(NCc1ccnc(OC2CCCC2)c1)c1n[nH]c2c1CNCC2. The number of aromatic nitrogens is 3. The van der Waals surface area contributed by atoms with E-state index in [1.807, 2.05) is 12.1 Å². The number of nitrogens with one attached hydrogen (secondary N) is 3. The molecule has 0 saturated heterocycles. The molecule has 0 bridgehead atoms. The van der Waals surface area contributed by atoms with E-state index < -0.39 is 0 Å². The maximum atomic E-state index is 12.4. The molecule has 0 aromatic carbocycles. The lowest BCUT2D eigenvalue weighted by Crippen LogP contribution is -2.28. The molecule has 1 aliphatic heterocycles. The average molecular weight is 341 g/mol. The molecule has 0 spiro atoms. The lowest BCUT2D eigenvalue weighted by molar-refractivity contribution is 0.0944. The Morgan fingerprint density at radius 3 is 3.12 bits per heavy atom. The molecule has 1 fully saturated rings. The van der Waals surface area contributed by atoms with Crippen LogP contribution in [0.25, 0.3) is 0 Å². The molecule has 3 heterocycles. The number of amides is 1. The van der Waals surface area contributed by atoms with Crippen LogP contribution in [-0.4, -0.2) is 33.7 Å². The Morgan fingerprint density at radius 1 is 1.36 bits per heavy atom. The fraction of sp³-hybridized carbons (Fsp3) is 0.500. The molecule has 4 rings (SSSR count). The van der Waals surface area contributed by atoms with Gasteiger partial charge in [0.1, 0.15) is 6.10 Å². The third-order valence-electron chi connectivity index (χ3n) is 4.86. The van der Waals surface area contributed by atoms with E-state index in [0.29, 0.717) is 24.7 Å². The molecule has 1 amide bonds. The van der Waals surface area contributed by atoms with Gasteiger partial charge in [0.15, 0.2) is 5.69 Å². The van der Waals surface area contributed by atoms with Gasteiger partial charge in [-0.05, 0) is 37.3 Å². The van der Waals surface area contributed by atoms with Gasteiger partial charge >= 0.3 is 0 Å². The van der Waals surface area contributed by atoms with Crippen molar-refractivity contribution in [2.75, 3.05) is 6.54 Å². The van der Waals surface area contributed by atoms with E-state index in [9.17, 15) is 4.79 Å². The van der Waals surface area contributed by atoms with Gasteiger partial charge in [0.2, 0.25) is 5.88 Å². The molecule has 2 aromatic heterocycles. The Hall–Kier alpha value is -2.41. The van der Waals surface area contributed by atoms with Crippen molar-refractivity contribution >= 4 is 5.91 Å². The van der Waals surface area contributed by atoms with Crippen molar-refractivity contribution in [3.8, 4) is 5.88 Å². The number of carbonyl (C=O) groups excluding carboxylic acids is 1. The maximum absolute atomic E-state index is 12.4. The maximum Gasteiger partial charge on any atom is 0.272 e. The van der Waals surface area contributed by atoms with Crippen LogP contribution < -0.4 is 15.4 Å². The Labute approximate surface area is 146 Å². The highest BCUT2D eigenvalue weighted by Gasteiger charge is 2.21. The summed E-state index contributed by atoms with van der Waals surface area (Å²) in [4.78, 5) is 16.7. The van der Waals surface area contributed by atoms with E-state index in [0.717, 1.165) is 42.6 Å². The lowest BCUT2D eigenvalue weighted by atomic mass is 10.1. The first-order chi connectivity index (χ1) is 12.3. The monoisotopic (exact) mass is 341 g/mol. The molecule has 7 heteroatoms. The summed E-state index contributed by atoms with van der Waals surface area (Å²) in [5, 5.41) is 13.4. The van der Waals surface area contributed by atoms with E-state index in [1.54, 1.807) is 6.20 Å². The van der Waals surface area contributed by atoms with Gasteiger partial charge in [-0.25, -0.2) is 4.98 Å². The molecule has 1 aliphatic carbocycles. The average Bonchev–Trinajstić information content (AvgIpc) is 3.29. The van der Waals surface area contributed by atoms with Crippen LogP contribution in [-0.2, 0) is 19.5 Å². The van der Waals surface area contributed by atoms with Gasteiger partial charge in [-0.3, -0.25) is 9.89 Å². The van der Waals surface area contributed by atoms with Crippen LogP contribution in [0.1, 0.15) is 53.0 Å². The van der Waals surface area contributed by atoms with Crippen molar-refractivity contribution in [2.45, 2.75) is 51.3 Å². The number of carbonyl (C=O) groups is 1. The van der Waals surface area contributed by atoms with Crippen LogP contribution in [0, 0.1) is 0 Å². The lowest BCUT2D eigenvalue weighted by Gasteiger charge is -2.14. The van der Waals surface area contributed by atoms with Crippen LogP contribution in [0.2, 0.25) is 0 Å². The summed E-state index contributed by atoms with van der Waals surface area (Å²) in [6, 6.07) is 3.80. The van der Waals surface area contributed by atoms with Crippen LogP contribution in [0.15, 0.2) is 18.3 Å². The normalized spacial score (nSPS) is 17.3. The molecular formula is C18H23N5O2. The topological polar surface area (TPSA) is 91.9 Å². The highest BCUT2D eigenvalue weighted by atomic mass is 16.5. The van der Waals surface area contributed by atoms with E-state index in [2.05, 4.69) is 25.8 Å². The second kappa shape index (κ2) is 7.23. The number of pyridine rings is 1. The Bertz CT molecular complexity index is 752. The van der Waals surface area contributed by atoms with Gasteiger partial charge in [-0.2, -0.15) is 5.10 Å². The molecule has 2 aromatic rings. The Morgan fingerprint density at radius 2 is 2.24 bits per heavy atom. The highest BCUT2D eigenvalue weighted by Crippen LogP contribution is 2.23. The van der Waals surface area contributed by atoms with E-state index >= 15 is 0 Å². The van der Waals surface area contributed by atoms with Gasteiger partial charge in [0.05, 0.1) is 0 Å². The van der Waals surface area contributed by atoms with Gasteiger partial charge in [0.25, 0.3) is 5.91 Å². The minimum atomic E-state index is -0.156. The first-order valence-electron chi connectivity index (χ1n) is 8.96. The summed E-state index contributed by atoms with van der Waals surface area (Å²) in [6.07, 6.45) is 7.53. The number of hydrogen-bond donors (Lipinski definition) is 3. The second-order valence-electron chi connectivity index (χ2n) is 6.67. The van der Waals surface area contributed by atoms with Gasteiger partial charge < -0.3 is 15.4 Å². The number of fused-ring (bicyclic) bond motifs is 1. The predicted molar refractivity (Wildman–Crippen MR) is 92.3 cm³/mol. The summed E-state index contributed by atoms with van der Waals surface area (Å²) in [5.41, 5.74) is 3.49. The highest BCUT2D eigenvalue weighted by molar-refractivity contribution is 5.94. The zero-order chi connectivity index (χ0) is 17.1. The second-order valence-corrected chi connectivity index (χ2v) is 6.67. The Kier molecular flexibility index (Phi) is 4.65. The van der Waals surface area contributed by atoms with Gasteiger partial charge in [-0.15, -0.1) is 0 Å². The number of hydrogen-bond acceptors (Lipinski definition) is 5. The van der Waals surface area contributed by atoms with Crippen molar-refractivity contribution in [1.82, 2.24) is 25.8 Å². The number of rotatable bonds is 5. The Balaban J connectivity index is 1.37. The third kappa shape index (κ3) is 3.66. The molecule has 1 saturated carbocycles. The van der Waals surface area contributed by atoms with Crippen LogP contribution in [0.4, 0.5) is 0 Å². The van der Waals surface area contributed by atoms with E-state index in [-0.39, 0.29) is 12.0 Å². The summed E-state index contributed by atoms with van der Waals surface area (Å²) in [7, 11) is 0. The van der Waals surface area contributed by atoms with Crippen LogP contribution in [0.3, 0.4) is 0 Å². The van der Waals surface area contributed by atoms with Crippen molar-refractivity contribution in [1.29, 1.82) is 0 Å². The minimum Gasteiger partial charge on any atom is -0.474 e. The fourth-order valence-electron chi connectivity index (χ4n) is 3.48. The minimum absolute atomic E-state index is 0.156. The third-order valence-corrected chi connectivity index (χ3v) is 4.86. The molecular weight excluding hydrogens is 318 g/mol. The molecule has 25 heavy (non-hydrogen) atoms. The van der Waals surface area contributed by atoms with Gasteiger partial charge in [-0.1, -0.05) is 0 Å². The molecule has 132 valence electrons. The predicted octanol–water partition coefficient (Wildman–Crippen LogP) is 1.70.